The summed E-state index contributed by atoms with van der Waals surface area (Å²) in [5, 5.41) is 0. The maximum absolute atomic E-state index is 5.50. The van der Waals surface area contributed by atoms with Crippen LogP contribution in [0.5, 0.6) is 0 Å². The highest BCUT2D eigenvalue weighted by Crippen LogP contribution is 2.26. The van der Waals surface area contributed by atoms with Crippen molar-refractivity contribution in [3.8, 4) is 0 Å². The van der Waals surface area contributed by atoms with E-state index in [9.17, 15) is 0 Å². The van der Waals surface area contributed by atoms with Gasteiger partial charge < -0.3 is 17.2 Å². The highest BCUT2D eigenvalue weighted by molar-refractivity contribution is 5.92. The van der Waals surface area contributed by atoms with Crippen molar-refractivity contribution in [2.45, 2.75) is 31.8 Å². The zero-order chi connectivity index (χ0) is 11.4. The highest BCUT2D eigenvalue weighted by atomic mass is 15.2. The van der Waals surface area contributed by atoms with Crippen LogP contribution in [0, 0.1) is 0 Å². The number of rotatable bonds is 4. The molecule has 6 heteroatoms. The minimum Gasteiger partial charge on any atom is -0.370 e. The van der Waals surface area contributed by atoms with Gasteiger partial charge in [-0.25, -0.2) is 4.99 Å². The molecule has 0 bridgehead atoms. The summed E-state index contributed by atoms with van der Waals surface area (Å²) in [5.74, 6) is 0.0884. The lowest BCUT2D eigenvalue weighted by Gasteiger charge is -2.22. The van der Waals surface area contributed by atoms with Crippen LogP contribution in [-0.4, -0.2) is 42.5 Å². The summed E-state index contributed by atoms with van der Waals surface area (Å²) in [6.45, 7) is 2.74. The lowest BCUT2D eigenvalue weighted by molar-refractivity contribution is 0.253. The van der Waals surface area contributed by atoms with Crippen molar-refractivity contribution in [1.29, 1.82) is 0 Å². The summed E-state index contributed by atoms with van der Waals surface area (Å²) in [6.07, 6.45) is 2.57. The average Bonchev–Trinajstić information content (AvgIpc) is 2.95. The van der Waals surface area contributed by atoms with Crippen molar-refractivity contribution < 1.29 is 0 Å². The Kier molecular flexibility index (Phi) is 3.90. The molecule has 1 rings (SSSR count). The van der Waals surface area contributed by atoms with E-state index in [0.29, 0.717) is 12.6 Å². The highest BCUT2D eigenvalue weighted by Gasteiger charge is 2.28. The van der Waals surface area contributed by atoms with Gasteiger partial charge in [-0.15, -0.1) is 0 Å². The van der Waals surface area contributed by atoms with Crippen molar-refractivity contribution in [2.75, 3.05) is 13.6 Å². The largest absolute Gasteiger partial charge is 0.370 e. The predicted molar refractivity (Wildman–Crippen MR) is 62.5 cm³/mol. The Bertz CT molecular complexity index is 264. The zero-order valence-corrected chi connectivity index (χ0v) is 9.35. The molecule has 0 amide bonds. The molecule has 86 valence electrons. The molecule has 0 radical (unpaired) electrons. The van der Waals surface area contributed by atoms with Gasteiger partial charge in [-0.05, 0) is 26.8 Å². The van der Waals surface area contributed by atoms with Gasteiger partial charge in [-0.2, -0.15) is 4.99 Å². The van der Waals surface area contributed by atoms with Crippen LogP contribution in [0.4, 0.5) is 0 Å². The molecule has 0 saturated heterocycles. The van der Waals surface area contributed by atoms with Crippen molar-refractivity contribution in [2.24, 2.45) is 27.2 Å². The van der Waals surface area contributed by atoms with E-state index in [4.69, 9.17) is 17.2 Å². The van der Waals surface area contributed by atoms with E-state index in [0.717, 1.165) is 6.04 Å². The normalized spacial score (nSPS) is 19.0. The van der Waals surface area contributed by atoms with E-state index >= 15 is 0 Å². The number of hydrogen-bond donors (Lipinski definition) is 3. The minimum atomic E-state index is -0.0561. The lowest BCUT2D eigenvalue weighted by atomic mass is 10.3. The van der Waals surface area contributed by atoms with Gasteiger partial charge in [0.15, 0.2) is 5.96 Å². The Balaban J connectivity index is 2.37. The molecule has 1 aliphatic carbocycles. The first-order chi connectivity index (χ1) is 7.00. The van der Waals surface area contributed by atoms with Gasteiger partial charge in [0.2, 0.25) is 5.96 Å². The summed E-state index contributed by atoms with van der Waals surface area (Å²) in [6, 6.07) is 1.09. The second-order valence-corrected chi connectivity index (χ2v) is 3.98. The van der Waals surface area contributed by atoms with Crippen LogP contribution in [0.15, 0.2) is 9.98 Å². The first kappa shape index (κ1) is 11.8. The second-order valence-electron chi connectivity index (χ2n) is 3.98. The van der Waals surface area contributed by atoms with Crippen LogP contribution in [0.3, 0.4) is 0 Å². The van der Waals surface area contributed by atoms with Gasteiger partial charge in [-0.3, -0.25) is 4.90 Å². The maximum Gasteiger partial charge on any atom is 0.218 e. The minimum absolute atomic E-state index is 0.0561. The molecule has 1 aliphatic rings. The number of aliphatic imine (C=N–C) groups is 2. The van der Waals surface area contributed by atoms with Gasteiger partial charge in [0, 0.05) is 12.1 Å². The summed E-state index contributed by atoms with van der Waals surface area (Å²) in [5.41, 5.74) is 15.8. The van der Waals surface area contributed by atoms with Crippen LogP contribution in [0.2, 0.25) is 0 Å². The van der Waals surface area contributed by atoms with Gasteiger partial charge in [0.05, 0.1) is 6.54 Å². The molecular formula is C9H20N6. The molecular weight excluding hydrogens is 192 g/mol. The Morgan fingerprint density at radius 1 is 1.40 bits per heavy atom. The van der Waals surface area contributed by atoms with Crippen LogP contribution < -0.4 is 17.2 Å². The summed E-state index contributed by atoms with van der Waals surface area (Å²) in [7, 11) is 2.11. The smallest absolute Gasteiger partial charge is 0.218 e. The van der Waals surface area contributed by atoms with Crippen LogP contribution in [0.25, 0.3) is 0 Å². The van der Waals surface area contributed by atoms with Crippen LogP contribution in [0.1, 0.15) is 19.8 Å². The number of nitrogens with two attached hydrogens (primary N) is 3. The first-order valence-corrected chi connectivity index (χ1v) is 5.12. The summed E-state index contributed by atoms with van der Waals surface area (Å²) < 4.78 is 0. The van der Waals surface area contributed by atoms with Gasteiger partial charge in [-0.1, -0.05) is 0 Å². The van der Waals surface area contributed by atoms with E-state index in [-0.39, 0.29) is 11.9 Å². The fourth-order valence-electron chi connectivity index (χ4n) is 1.36. The van der Waals surface area contributed by atoms with Crippen molar-refractivity contribution in [3.63, 3.8) is 0 Å². The monoisotopic (exact) mass is 212 g/mol. The standard InChI is InChI=1S/C9H20N6/c1-6(15(2)7-3-4-7)5-13-9(12)14-8(10)11/h6-7H,3-5H2,1-2H3,(H6,10,11,12,13,14). The van der Waals surface area contributed by atoms with Crippen molar-refractivity contribution >= 4 is 11.9 Å². The molecule has 6 N–H and O–H groups in total. The Morgan fingerprint density at radius 3 is 2.47 bits per heavy atom. The topological polar surface area (TPSA) is 106 Å². The molecule has 1 fully saturated rings. The van der Waals surface area contributed by atoms with E-state index in [1.54, 1.807) is 0 Å². The average molecular weight is 212 g/mol. The summed E-state index contributed by atoms with van der Waals surface area (Å²) >= 11 is 0. The maximum atomic E-state index is 5.50. The first-order valence-electron chi connectivity index (χ1n) is 5.12. The molecule has 0 aromatic carbocycles. The SMILES string of the molecule is CC(CN=C(N)N=C(N)N)N(C)C1CC1. The molecule has 0 aromatic heterocycles. The van der Waals surface area contributed by atoms with E-state index < -0.39 is 0 Å². The van der Waals surface area contributed by atoms with Crippen LogP contribution in [-0.2, 0) is 0 Å². The number of hydrogen-bond acceptors (Lipinski definition) is 2. The molecule has 1 saturated carbocycles. The van der Waals surface area contributed by atoms with E-state index in [1.165, 1.54) is 12.8 Å². The van der Waals surface area contributed by atoms with Crippen LogP contribution >= 0.6 is 0 Å². The van der Waals surface area contributed by atoms with Gasteiger partial charge in [0.25, 0.3) is 0 Å². The van der Waals surface area contributed by atoms with Crippen molar-refractivity contribution in [1.82, 2.24) is 4.90 Å². The number of likely N-dealkylation sites (N-methyl/N-ethyl adjacent to an activating group) is 1. The van der Waals surface area contributed by atoms with Gasteiger partial charge >= 0.3 is 0 Å². The second kappa shape index (κ2) is 4.97. The molecule has 0 spiro atoms. The fourth-order valence-corrected chi connectivity index (χ4v) is 1.36. The fraction of sp³-hybridized carbons (Fsp3) is 0.778. The Labute approximate surface area is 90.2 Å². The summed E-state index contributed by atoms with van der Waals surface area (Å²) in [4.78, 5) is 10.1. The quantitative estimate of drug-likeness (QED) is 0.413. The van der Waals surface area contributed by atoms with E-state index in [1.807, 2.05) is 0 Å². The molecule has 6 nitrogen and oxygen atoms in total. The molecule has 1 unspecified atom stereocenters. The molecule has 0 aromatic rings. The third kappa shape index (κ3) is 4.16. The van der Waals surface area contributed by atoms with Gasteiger partial charge in [0.1, 0.15) is 0 Å². The van der Waals surface area contributed by atoms with E-state index in [2.05, 4.69) is 28.9 Å². The number of nitrogens with zero attached hydrogens (tertiary/aromatic N) is 3. The third-order valence-corrected chi connectivity index (χ3v) is 2.58. The number of guanidine groups is 2. The molecule has 1 atom stereocenters. The lowest BCUT2D eigenvalue weighted by Crippen LogP contribution is -2.34. The molecule has 0 aliphatic heterocycles. The predicted octanol–water partition coefficient (Wildman–Crippen LogP) is -0.943. The molecule has 15 heavy (non-hydrogen) atoms. The third-order valence-electron chi connectivity index (χ3n) is 2.58. The molecule has 0 heterocycles. The zero-order valence-electron chi connectivity index (χ0n) is 9.35. The Hall–Kier alpha value is -1.30. The van der Waals surface area contributed by atoms with Crippen molar-refractivity contribution in [3.05, 3.63) is 0 Å². The Morgan fingerprint density at radius 2 is 2.00 bits per heavy atom.